The van der Waals surface area contributed by atoms with Gasteiger partial charge in [0, 0.05) is 18.3 Å². The maximum atomic E-state index is 12.5. The van der Waals surface area contributed by atoms with E-state index in [-0.39, 0.29) is 11.8 Å². The standard InChI is InChI=1S/C17H24N2O/c1-12-10-15(14-8-4-5-9-16(14)19-12)17(20)18-11-13-6-2-3-7-13/h4-5,8-9,12-13,15,19H,2-3,6-7,10-11H2,1H3,(H,18,20). The summed E-state index contributed by atoms with van der Waals surface area (Å²) < 4.78 is 0. The molecule has 3 nitrogen and oxygen atoms in total. The minimum atomic E-state index is 0.00357. The summed E-state index contributed by atoms with van der Waals surface area (Å²) in [6.45, 7) is 3.01. The Morgan fingerprint density at radius 1 is 1.30 bits per heavy atom. The van der Waals surface area contributed by atoms with E-state index in [4.69, 9.17) is 0 Å². The van der Waals surface area contributed by atoms with Crippen molar-refractivity contribution in [3.8, 4) is 0 Å². The van der Waals surface area contributed by atoms with Crippen molar-refractivity contribution in [1.29, 1.82) is 0 Å². The number of hydrogen-bond acceptors (Lipinski definition) is 2. The average Bonchev–Trinajstić information content (AvgIpc) is 2.97. The quantitative estimate of drug-likeness (QED) is 0.886. The molecule has 3 heteroatoms. The molecule has 1 aromatic rings. The predicted molar refractivity (Wildman–Crippen MR) is 81.9 cm³/mol. The van der Waals surface area contributed by atoms with E-state index in [9.17, 15) is 4.79 Å². The van der Waals surface area contributed by atoms with E-state index in [0.29, 0.717) is 12.0 Å². The zero-order chi connectivity index (χ0) is 13.9. The van der Waals surface area contributed by atoms with Gasteiger partial charge in [0.2, 0.25) is 5.91 Å². The molecule has 1 saturated carbocycles. The molecule has 0 radical (unpaired) electrons. The van der Waals surface area contributed by atoms with Gasteiger partial charge in [0.25, 0.3) is 0 Å². The van der Waals surface area contributed by atoms with Crippen LogP contribution in [-0.4, -0.2) is 18.5 Å². The van der Waals surface area contributed by atoms with E-state index in [1.807, 2.05) is 12.1 Å². The first-order valence-electron chi connectivity index (χ1n) is 7.87. The van der Waals surface area contributed by atoms with Crippen LogP contribution < -0.4 is 10.6 Å². The summed E-state index contributed by atoms with van der Waals surface area (Å²) in [6.07, 6.45) is 6.09. The Kier molecular flexibility index (Phi) is 3.95. The minimum absolute atomic E-state index is 0.00357. The maximum Gasteiger partial charge on any atom is 0.227 e. The monoisotopic (exact) mass is 272 g/mol. The summed E-state index contributed by atoms with van der Waals surface area (Å²) in [4.78, 5) is 12.5. The number of hydrogen-bond donors (Lipinski definition) is 2. The number of amides is 1. The van der Waals surface area contributed by atoms with E-state index in [1.54, 1.807) is 0 Å². The smallest absolute Gasteiger partial charge is 0.227 e. The molecule has 1 heterocycles. The SMILES string of the molecule is CC1CC(C(=O)NCC2CCCC2)c2ccccc2N1. The molecule has 0 aromatic heterocycles. The Morgan fingerprint density at radius 2 is 2.05 bits per heavy atom. The van der Waals surface area contributed by atoms with Gasteiger partial charge < -0.3 is 10.6 Å². The van der Waals surface area contributed by atoms with Crippen LogP contribution in [0.5, 0.6) is 0 Å². The molecule has 0 spiro atoms. The number of nitrogens with one attached hydrogen (secondary N) is 2. The van der Waals surface area contributed by atoms with E-state index in [2.05, 4.69) is 29.7 Å². The van der Waals surface area contributed by atoms with Crippen LogP contribution in [0.4, 0.5) is 5.69 Å². The van der Waals surface area contributed by atoms with Gasteiger partial charge in [0.1, 0.15) is 0 Å². The van der Waals surface area contributed by atoms with Crippen molar-refractivity contribution in [1.82, 2.24) is 5.32 Å². The van der Waals surface area contributed by atoms with Crippen molar-refractivity contribution in [3.05, 3.63) is 29.8 Å². The zero-order valence-electron chi connectivity index (χ0n) is 12.2. The van der Waals surface area contributed by atoms with E-state index in [0.717, 1.165) is 24.2 Å². The van der Waals surface area contributed by atoms with Gasteiger partial charge in [-0.05, 0) is 43.7 Å². The first-order chi connectivity index (χ1) is 9.74. The lowest BCUT2D eigenvalue weighted by Gasteiger charge is -2.30. The number of para-hydroxylation sites is 1. The largest absolute Gasteiger partial charge is 0.382 e. The highest BCUT2D eigenvalue weighted by Gasteiger charge is 2.29. The number of carbonyl (C=O) groups excluding carboxylic acids is 1. The van der Waals surface area contributed by atoms with Gasteiger partial charge in [-0.15, -0.1) is 0 Å². The maximum absolute atomic E-state index is 12.5. The van der Waals surface area contributed by atoms with Crippen molar-refractivity contribution in [2.45, 2.75) is 51.0 Å². The number of anilines is 1. The van der Waals surface area contributed by atoms with Crippen LogP contribution in [0.25, 0.3) is 0 Å². The highest BCUT2D eigenvalue weighted by Crippen LogP contribution is 2.34. The van der Waals surface area contributed by atoms with Crippen molar-refractivity contribution >= 4 is 11.6 Å². The topological polar surface area (TPSA) is 41.1 Å². The highest BCUT2D eigenvalue weighted by atomic mass is 16.1. The van der Waals surface area contributed by atoms with Gasteiger partial charge in [-0.2, -0.15) is 0 Å². The lowest BCUT2D eigenvalue weighted by atomic mass is 9.86. The van der Waals surface area contributed by atoms with Crippen LogP contribution in [0.1, 0.15) is 50.5 Å². The van der Waals surface area contributed by atoms with Gasteiger partial charge in [-0.1, -0.05) is 31.0 Å². The van der Waals surface area contributed by atoms with Crippen molar-refractivity contribution in [2.75, 3.05) is 11.9 Å². The van der Waals surface area contributed by atoms with E-state index < -0.39 is 0 Å². The third-order valence-corrected chi connectivity index (χ3v) is 4.68. The van der Waals surface area contributed by atoms with Gasteiger partial charge in [-0.25, -0.2) is 0 Å². The molecular weight excluding hydrogens is 248 g/mol. The Labute approximate surface area is 121 Å². The molecule has 1 aliphatic heterocycles. The van der Waals surface area contributed by atoms with Crippen molar-refractivity contribution in [2.24, 2.45) is 5.92 Å². The summed E-state index contributed by atoms with van der Waals surface area (Å²) in [5.74, 6) is 0.912. The first-order valence-corrected chi connectivity index (χ1v) is 7.87. The number of rotatable bonds is 3. The van der Waals surface area contributed by atoms with Crippen LogP contribution >= 0.6 is 0 Å². The third-order valence-electron chi connectivity index (χ3n) is 4.68. The fraction of sp³-hybridized carbons (Fsp3) is 0.588. The number of fused-ring (bicyclic) bond motifs is 1. The first kappa shape index (κ1) is 13.5. The molecular formula is C17H24N2O. The van der Waals surface area contributed by atoms with Crippen LogP contribution in [0.2, 0.25) is 0 Å². The summed E-state index contributed by atoms with van der Waals surface area (Å²) in [7, 11) is 0. The predicted octanol–water partition coefficient (Wildman–Crippen LogP) is 3.28. The lowest BCUT2D eigenvalue weighted by Crippen LogP contribution is -2.37. The van der Waals surface area contributed by atoms with Crippen LogP contribution in [0, 0.1) is 5.92 Å². The average molecular weight is 272 g/mol. The molecule has 1 aromatic carbocycles. The van der Waals surface area contributed by atoms with Crippen molar-refractivity contribution in [3.63, 3.8) is 0 Å². The molecule has 1 amide bonds. The van der Waals surface area contributed by atoms with Crippen LogP contribution in [0.3, 0.4) is 0 Å². The normalized spacial score (nSPS) is 25.9. The lowest BCUT2D eigenvalue weighted by molar-refractivity contribution is -0.123. The molecule has 2 atom stereocenters. The molecule has 3 rings (SSSR count). The van der Waals surface area contributed by atoms with Crippen LogP contribution in [0.15, 0.2) is 24.3 Å². The molecule has 0 saturated heterocycles. The second kappa shape index (κ2) is 5.86. The Bertz CT molecular complexity index is 480. The van der Waals surface area contributed by atoms with Gasteiger partial charge >= 0.3 is 0 Å². The van der Waals surface area contributed by atoms with Crippen molar-refractivity contribution < 1.29 is 4.79 Å². The molecule has 2 unspecified atom stereocenters. The Hall–Kier alpha value is -1.51. The van der Waals surface area contributed by atoms with E-state index >= 15 is 0 Å². The minimum Gasteiger partial charge on any atom is -0.382 e. The zero-order valence-corrected chi connectivity index (χ0v) is 12.2. The Morgan fingerprint density at radius 3 is 2.85 bits per heavy atom. The fourth-order valence-electron chi connectivity index (χ4n) is 3.57. The molecule has 20 heavy (non-hydrogen) atoms. The van der Waals surface area contributed by atoms with E-state index in [1.165, 1.54) is 25.7 Å². The van der Waals surface area contributed by atoms with Gasteiger partial charge in [0.05, 0.1) is 5.92 Å². The summed E-state index contributed by atoms with van der Waals surface area (Å²) in [6, 6.07) is 8.55. The summed E-state index contributed by atoms with van der Waals surface area (Å²) in [5.41, 5.74) is 2.27. The molecule has 0 bridgehead atoms. The summed E-state index contributed by atoms with van der Waals surface area (Å²) in [5, 5.41) is 6.65. The second-order valence-corrected chi connectivity index (χ2v) is 6.32. The molecule has 2 aliphatic rings. The summed E-state index contributed by atoms with van der Waals surface area (Å²) >= 11 is 0. The molecule has 1 aliphatic carbocycles. The molecule has 2 N–H and O–H groups in total. The molecule has 1 fully saturated rings. The fourth-order valence-corrected chi connectivity index (χ4v) is 3.57. The highest BCUT2D eigenvalue weighted by molar-refractivity contribution is 5.86. The van der Waals surface area contributed by atoms with Gasteiger partial charge in [0.15, 0.2) is 0 Å². The molecule has 108 valence electrons. The van der Waals surface area contributed by atoms with Gasteiger partial charge in [-0.3, -0.25) is 4.79 Å². The number of carbonyl (C=O) groups is 1. The number of benzene rings is 1. The Balaban J connectivity index is 1.67. The second-order valence-electron chi connectivity index (χ2n) is 6.32. The van der Waals surface area contributed by atoms with Crippen LogP contribution in [-0.2, 0) is 4.79 Å². The third kappa shape index (κ3) is 2.82.